The topological polar surface area (TPSA) is 12.0 Å². The molecule has 0 heterocycles. The molecule has 3 rings (SSSR count). The zero-order chi connectivity index (χ0) is 12.2. The highest BCUT2D eigenvalue weighted by Gasteiger charge is 2.13. The molecular weight excluding hydrogens is 218 g/mol. The van der Waals surface area contributed by atoms with Gasteiger partial charge in [-0.2, -0.15) is 0 Å². The molecule has 0 aliphatic heterocycles. The van der Waals surface area contributed by atoms with Crippen molar-refractivity contribution in [3.63, 3.8) is 0 Å². The van der Waals surface area contributed by atoms with Gasteiger partial charge >= 0.3 is 0 Å². The maximum absolute atomic E-state index is 3.77. The summed E-state index contributed by atoms with van der Waals surface area (Å²) in [6, 6.07) is 7.88. The second-order valence-corrected chi connectivity index (χ2v) is 6.03. The molecular formula is C17H25N. The van der Waals surface area contributed by atoms with Crippen LogP contribution in [0, 0.1) is 0 Å². The van der Waals surface area contributed by atoms with Crippen LogP contribution in [0.25, 0.3) is 0 Å². The molecule has 18 heavy (non-hydrogen) atoms. The van der Waals surface area contributed by atoms with Crippen LogP contribution in [-0.4, -0.2) is 6.04 Å². The van der Waals surface area contributed by atoms with Crippen molar-refractivity contribution in [1.82, 2.24) is 5.32 Å². The van der Waals surface area contributed by atoms with Crippen molar-refractivity contribution < 1.29 is 0 Å². The van der Waals surface area contributed by atoms with Gasteiger partial charge in [0.15, 0.2) is 0 Å². The van der Waals surface area contributed by atoms with Crippen molar-refractivity contribution >= 4 is 0 Å². The van der Waals surface area contributed by atoms with Gasteiger partial charge in [0.05, 0.1) is 0 Å². The van der Waals surface area contributed by atoms with E-state index in [1.165, 1.54) is 63.4 Å². The average Bonchev–Trinajstić information content (AvgIpc) is 2.70. The third-order valence-corrected chi connectivity index (χ3v) is 4.61. The zero-order valence-corrected chi connectivity index (χ0v) is 11.4. The molecule has 2 aliphatic carbocycles. The Balaban J connectivity index is 1.56. The maximum atomic E-state index is 3.77. The summed E-state index contributed by atoms with van der Waals surface area (Å²) >= 11 is 0. The third-order valence-electron chi connectivity index (χ3n) is 4.61. The highest BCUT2D eigenvalue weighted by molar-refractivity contribution is 5.35. The van der Waals surface area contributed by atoms with E-state index in [1.807, 2.05) is 0 Å². The van der Waals surface area contributed by atoms with E-state index >= 15 is 0 Å². The van der Waals surface area contributed by atoms with Crippen molar-refractivity contribution in [2.45, 2.75) is 70.4 Å². The predicted octanol–water partition coefficient (Wildman–Crippen LogP) is 3.99. The minimum Gasteiger partial charge on any atom is -0.310 e. The second-order valence-electron chi connectivity index (χ2n) is 6.03. The van der Waals surface area contributed by atoms with Gasteiger partial charge in [-0.15, -0.1) is 0 Å². The fourth-order valence-corrected chi connectivity index (χ4v) is 3.48. The lowest BCUT2D eigenvalue weighted by atomic mass is 10.1. The fourth-order valence-electron chi connectivity index (χ4n) is 3.48. The quantitative estimate of drug-likeness (QED) is 0.792. The van der Waals surface area contributed by atoms with Gasteiger partial charge in [-0.3, -0.25) is 0 Å². The number of fused-ring (bicyclic) bond motifs is 1. The molecule has 0 spiro atoms. The van der Waals surface area contributed by atoms with Crippen LogP contribution in [0.4, 0.5) is 0 Å². The molecule has 98 valence electrons. The molecule has 1 saturated carbocycles. The molecule has 2 aliphatic rings. The smallest absolute Gasteiger partial charge is 0.0208 e. The third kappa shape index (κ3) is 2.95. The highest BCUT2D eigenvalue weighted by Crippen LogP contribution is 2.23. The standard InChI is InChI=1S/C17H25N/c1-2-4-9-17(8-3-1)18-13-14-10-11-15-6-5-7-16(15)12-14/h10-12,17-18H,1-9,13H2. The average molecular weight is 243 g/mol. The van der Waals surface area contributed by atoms with E-state index in [0.29, 0.717) is 0 Å². The lowest BCUT2D eigenvalue weighted by molar-refractivity contribution is 0.459. The van der Waals surface area contributed by atoms with Gasteiger partial charge in [0.2, 0.25) is 0 Å². The first-order valence-electron chi connectivity index (χ1n) is 7.76. The minimum atomic E-state index is 0.765. The number of hydrogen-bond donors (Lipinski definition) is 1. The normalized spacial score (nSPS) is 20.7. The van der Waals surface area contributed by atoms with E-state index in [1.54, 1.807) is 11.1 Å². The van der Waals surface area contributed by atoms with E-state index in [0.717, 1.165) is 12.6 Å². The summed E-state index contributed by atoms with van der Waals surface area (Å²) in [4.78, 5) is 0. The summed E-state index contributed by atoms with van der Waals surface area (Å²) in [6.07, 6.45) is 12.4. The van der Waals surface area contributed by atoms with E-state index < -0.39 is 0 Å². The first kappa shape index (κ1) is 12.2. The fraction of sp³-hybridized carbons (Fsp3) is 0.647. The van der Waals surface area contributed by atoms with Gasteiger partial charge in [0.25, 0.3) is 0 Å². The zero-order valence-electron chi connectivity index (χ0n) is 11.4. The van der Waals surface area contributed by atoms with Gasteiger partial charge in [0, 0.05) is 12.6 Å². The van der Waals surface area contributed by atoms with Crippen molar-refractivity contribution in [3.8, 4) is 0 Å². The summed E-state index contributed by atoms with van der Waals surface area (Å²) in [5, 5.41) is 3.77. The lowest BCUT2D eigenvalue weighted by Crippen LogP contribution is -2.27. The molecule has 0 aromatic heterocycles. The molecule has 1 N–H and O–H groups in total. The van der Waals surface area contributed by atoms with Crippen LogP contribution in [0.2, 0.25) is 0 Å². The molecule has 1 nitrogen and oxygen atoms in total. The van der Waals surface area contributed by atoms with Gasteiger partial charge < -0.3 is 5.32 Å². The highest BCUT2D eigenvalue weighted by atomic mass is 14.9. The summed E-state index contributed by atoms with van der Waals surface area (Å²) in [6.45, 7) is 1.07. The Morgan fingerprint density at radius 1 is 0.889 bits per heavy atom. The molecule has 1 heteroatoms. The van der Waals surface area contributed by atoms with Crippen LogP contribution >= 0.6 is 0 Å². The Labute approximate surface area is 111 Å². The number of hydrogen-bond acceptors (Lipinski definition) is 1. The van der Waals surface area contributed by atoms with Crippen molar-refractivity contribution in [2.75, 3.05) is 0 Å². The van der Waals surface area contributed by atoms with Crippen LogP contribution < -0.4 is 5.32 Å². The molecule has 1 aromatic rings. The Morgan fingerprint density at radius 2 is 1.67 bits per heavy atom. The van der Waals surface area contributed by atoms with Gasteiger partial charge in [-0.1, -0.05) is 43.9 Å². The molecule has 1 aromatic carbocycles. The predicted molar refractivity (Wildman–Crippen MR) is 76.8 cm³/mol. The van der Waals surface area contributed by atoms with E-state index in [-0.39, 0.29) is 0 Å². The molecule has 0 atom stereocenters. The van der Waals surface area contributed by atoms with Crippen molar-refractivity contribution in [1.29, 1.82) is 0 Å². The largest absolute Gasteiger partial charge is 0.310 e. The van der Waals surface area contributed by atoms with E-state index in [9.17, 15) is 0 Å². The summed E-state index contributed by atoms with van der Waals surface area (Å²) in [5.74, 6) is 0. The summed E-state index contributed by atoms with van der Waals surface area (Å²) < 4.78 is 0. The van der Waals surface area contributed by atoms with Crippen LogP contribution in [-0.2, 0) is 19.4 Å². The van der Waals surface area contributed by atoms with E-state index in [4.69, 9.17) is 0 Å². The van der Waals surface area contributed by atoms with Crippen molar-refractivity contribution in [3.05, 3.63) is 34.9 Å². The van der Waals surface area contributed by atoms with Crippen LogP contribution in [0.3, 0.4) is 0 Å². The van der Waals surface area contributed by atoms with Crippen molar-refractivity contribution in [2.24, 2.45) is 0 Å². The lowest BCUT2D eigenvalue weighted by Gasteiger charge is -2.16. The van der Waals surface area contributed by atoms with E-state index in [2.05, 4.69) is 23.5 Å². The van der Waals surface area contributed by atoms with Crippen LogP contribution in [0.5, 0.6) is 0 Å². The number of nitrogens with one attached hydrogen (secondary N) is 1. The number of aryl methyl sites for hydroxylation is 2. The first-order chi connectivity index (χ1) is 8.92. The Morgan fingerprint density at radius 3 is 2.50 bits per heavy atom. The maximum Gasteiger partial charge on any atom is 0.0208 e. The molecule has 0 radical (unpaired) electrons. The molecule has 0 amide bonds. The second kappa shape index (κ2) is 5.88. The monoisotopic (exact) mass is 243 g/mol. The van der Waals surface area contributed by atoms with Gasteiger partial charge in [-0.25, -0.2) is 0 Å². The van der Waals surface area contributed by atoms with Gasteiger partial charge in [-0.05, 0) is 48.8 Å². The molecule has 0 bridgehead atoms. The molecule has 0 unspecified atom stereocenters. The van der Waals surface area contributed by atoms with Crippen LogP contribution in [0.15, 0.2) is 18.2 Å². The Hall–Kier alpha value is -0.820. The Kier molecular flexibility index (Phi) is 3.99. The number of benzene rings is 1. The van der Waals surface area contributed by atoms with Crippen LogP contribution in [0.1, 0.15) is 61.6 Å². The van der Waals surface area contributed by atoms with Gasteiger partial charge in [0.1, 0.15) is 0 Å². The SMILES string of the molecule is c1cc2c(cc1CNC1CCCCCC1)CCC2. The Bertz CT molecular complexity index is 389. The summed E-state index contributed by atoms with van der Waals surface area (Å²) in [5.41, 5.74) is 4.68. The number of rotatable bonds is 3. The summed E-state index contributed by atoms with van der Waals surface area (Å²) in [7, 11) is 0. The minimum absolute atomic E-state index is 0.765. The first-order valence-corrected chi connectivity index (χ1v) is 7.76. The molecule has 1 fully saturated rings. The molecule has 0 saturated heterocycles.